The van der Waals surface area contributed by atoms with Crippen LogP contribution in [-0.4, -0.2) is 105 Å². The van der Waals surface area contributed by atoms with Crippen LogP contribution in [0.2, 0.25) is 0 Å². The molecule has 7 rings (SSSR count). The largest absolute Gasteiger partial charge is 0.509 e. The van der Waals surface area contributed by atoms with Crippen molar-refractivity contribution >= 4 is 82.2 Å². The Bertz CT molecular complexity index is 3060. The van der Waals surface area contributed by atoms with Gasteiger partial charge >= 0.3 is 12.2 Å². The molecule has 2 aliphatic heterocycles. The predicted octanol–water partition coefficient (Wildman–Crippen LogP) is 5.05. The third kappa shape index (κ3) is 13.5. The molecule has 8 N–H and O–H groups in total. The lowest BCUT2D eigenvalue weighted by molar-refractivity contribution is -0.140. The number of imide groups is 1. The number of carbonyl (C=O) groups excluding carboxylic acids is 9. The average Bonchev–Trinajstić information content (AvgIpc) is 4.01. The number of aryl methyl sites for hydroxylation is 1. The fourth-order valence-corrected chi connectivity index (χ4v) is 10.1. The van der Waals surface area contributed by atoms with E-state index in [1.54, 1.807) is 64.1 Å². The van der Waals surface area contributed by atoms with Crippen molar-refractivity contribution in [1.29, 1.82) is 0 Å². The van der Waals surface area contributed by atoms with E-state index in [4.69, 9.17) is 32.4 Å². The minimum Gasteiger partial charge on any atom is -0.429 e. The highest BCUT2D eigenvalue weighted by Crippen LogP contribution is 2.43. The Kier molecular flexibility index (Phi) is 18.5. The van der Waals surface area contributed by atoms with Crippen LogP contribution in [-0.2, 0) is 74.8 Å². The Morgan fingerprint density at radius 1 is 0.883 bits per heavy atom. The van der Waals surface area contributed by atoms with Crippen LogP contribution in [0.3, 0.4) is 0 Å². The number of nitrogens with one attached hydrogen (secondary N) is 5. The number of hydrogen-bond acceptors (Lipinski definition) is 14. The molecule has 23 heteroatoms. The van der Waals surface area contributed by atoms with Gasteiger partial charge in [-0.2, -0.15) is 0 Å². The molecule has 1 saturated heterocycles. The molecule has 2 aromatic carbocycles. The normalized spacial score (nSPS) is 16.3. The molecule has 1 aliphatic carbocycles. The highest BCUT2D eigenvalue weighted by atomic mass is 32.1. The zero-order valence-corrected chi connectivity index (χ0v) is 44.3. The van der Waals surface area contributed by atoms with Gasteiger partial charge in [0.1, 0.15) is 34.7 Å². The van der Waals surface area contributed by atoms with Crippen LogP contribution < -0.4 is 32.3 Å². The average molecular weight is 1080 g/mol. The summed E-state index contributed by atoms with van der Waals surface area (Å²) < 4.78 is 27.7. The number of anilines is 1. The summed E-state index contributed by atoms with van der Waals surface area (Å²) in [5.41, 5.74) is 8.52. The van der Waals surface area contributed by atoms with Crippen molar-refractivity contribution in [3.05, 3.63) is 86.3 Å². The number of urea groups is 1. The summed E-state index contributed by atoms with van der Waals surface area (Å²) in [5, 5.41) is 25.6. The number of unbranched alkanes of at least 4 members (excludes halogenated alkanes) is 2. The fourth-order valence-electron chi connectivity index (χ4n) is 9.77. The Balaban J connectivity index is 0.907. The van der Waals surface area contributed by atoms with Gasteiger partial charge in [-0.1, -0.05) is 51.5 Å². The summed E-state index contributed by atoms with van der Waals surface area (Å²) in [6, 6.07) is 8.10. The number of amides is 8. The van der Waals surface area contributed by atoms with Gasteiger partial charge in [0.2, 0.25) is 29.5 Å². The number of ether oxygens (including phenoxy) is 2. The Labute approximate surface area is 448 Å². The third-order valence-electron chi connectivity index (χ3n) is 14.1. The Hall–Kier alpha value is -7.66. The van der Waals surface area contributed by atoms with Gasteiger partial charge in [0.25, 0.3) is 5.91 Å². The summed E-state index contributed by atoms with van der Waals surface area (Å²) in [4.78, 5) is 120. The van der Waals surface area contributed by atoms with Gasteiger partial charge in [0, 0.05) is 68.0 Å². The molecule has 0 bridgehead atoms. The van der Waals surface area contributed by atoms with Crippen LogP contribution in [0.4, 0.5) is 19.7 Å². The van der Waals surface area contributed by atoms with Crippen molar-refractivity contribution in [3.8, 4) is 11.4 Å². The number of pyridine rings is 2. The third-order valence-corrected chi connectivity index (χ3v) is 14.6. The minimum atomic E-state index is -1.71. The van der Waals surface area contributed by atoms with Crippen molar-refractivity contribution in [1.82, 2.24) is 35.7 Å². The second kappa shape index (κ2) is 25.0. The minimum absolute atomic E-state index is 0.0556. The van der Waals surface area contributed by atoms with Crippen molar-refractivity contribution in [2.24, 2.45) is 11.7 Å². The smallest absolute Gasteiger partial charge is 0.429 e. The van der Waals surface area contributed by atoms with Crippen LogP contribution in [0.5, 0.6) is 0 Å². The molecule has 21 nitrogen and oxygen atoms in total. The lowest BCUT2D eigenvalue weighted by atomic mass is 9.77. The molecule has 0 saturated carbocycles. The SMILES string of the molecule is CC[C@@]1(O)C(=O)CCc2c1cc1n(c2=S)Cc2c-1nc1cc(F)c(C)cc1c2CNC(=O)COC(=O)OCc1ccc(NC(=O)[C@H](CCCNC(N)=O)NC(=O)[C@@H](NC(=O)CCCCCN2C(=O)CCC2=O)C(C)C)cc1. The van der Waals surface area contributed by atoms with Crippen molar-refractivity contribution in [2.45, 2.75) is 136 Å². The standard InChI is InChI=1S/C54H64FN9O12S/c1-5-54(74)37-23-41-48-36(26-64(41)51(77)33(37)16-17-42(54)65)35(34-22-30(4)38(55)24-40(34)60-48)25-58-44(67)28-76-53(73)75-27-31-12-14-32(15-13-31)59-49(70)39(10-9-20-57-52(56)72)61-50(71)47(29(2)3)62-43(66)11-7-6-8-21-63-45(68)18-19-46(63)69/h12-15,22-24,29,39,47,74H,5-11,16-21,25-28H2,1-4H3,(H,58,67)(H,59,70)(H,61,71)(H,62,66)(H3,56,57,72)/t39-,47-,54-/m0/s1. The highest BCUT2D eigenvalue weighted by Gasteiger charge is 2.43. The van der Waals surface area contributed by atoms with E-state index in [1.165, 1.54) is 11.0 Å². The molecular weight excluding hydrogens is 1020 g/mol. The van der Waals surface area contributed by atoms with Crippen molar-refractivity contribution in [3.63, 3.8) is 0 Å². The summed E-state index contributed by atoms with van der Waals surface area (Å²) >= 11 is 5.92. The number of primary amides is 1. The molecular formula is C54H64FN9O12S. The van der Waals surface area contributed by atoms with Crippen LogP contribution in [0.15, 0.2) is 42.5 Å². The first-order valence-corrected chi connectivity index (χ1v) is 26.2. The van der Waals surface area contributed by atoms with Gasteiger partial charge < -0.3 is 51.5 Å². The van der Waals surface area contributed by atoms with Crippen molar-refractivity contribution in [2.75, 3.05) is 25.0 Å². The number of ketones is 1. The summed E-state index contributed by atoms with van der Waals surface area (Å²) in [6.45, 7) is 6.53. The maximum absolute atomic E-state index is 15.0. The number of Topliss-reactive ketones (excluding diaryl/α,β-unsaturated/α-hetero) is 1. The van der Waals surface area contributed by atoms with Gasteiger partial charge in [-0.15, -0.1) is 0 Å². The number of rotatable bonds is 23. The zero-order valence-electron chi connectivity index (χ0n) is 43.4. The molecule has 0 unspecified atom stereocenters. The molecule has 4 aromatic rings. The van der Waals surface area contributed by atoms with E-state index in [0.29, 0.717) is 98.2 Å². The van der Waals surface area contributed by atoms with E-state index in [0.717, 1.165) is 0 Å². The zero-order chi connectivity index (χ0) is 55.7. The molecule has 2 aromatic heterocycles. The maximum Gasteiger partial charge on any atom is 0.509 e. The van der Waals surface area contributed by atoms with Gasteiger partial charge in [-0.25, -0.2) is 19.0 Å². The molecule has 410 valence electrons. The van der Waals surface area contributed by atoms with E-state index >= 15 is 0 Å². The second-order valence-corrected chi connectivity index (χ2v) is 20.2. The van der Waals surface area contributed by atoms with E-state index in [1.807, 2.05) is 4.57 Å². The van der Waals surface area contributed by atoms with E-state index in [9.17, 15) is 52.6 Å². The van der Waals surface area contributed by atoms with E-state index in [-0.39, 0.29) is 101 Å². The van der Waals surface area contributed by atoms with Gasteiger partial charge in [-0.05, 0) is 103 Å². The number of benzene rings is 2. The second-order valence-electron chi connectivity index (χ2n) is 19.8. The molecule has 0 spiro atoms. The molecule has 3 aliphatic rings. The molecule has 1 fully saturated rings. The lowest BCUT2D eigenvalue weighted by Crippen LogP contribution is -2.54. The first-order chi connectivity index (χ1) is 36.7. The number of aliphatic hydroxyl groups is 1. The van der Waals surface area contributed by atoms with Crippen LogP contribution in [0.25, 0.3) is 22.3 Å². The summed E-state index contributed by atoms with van der Waals surface area (Å²) in [6.07, 6.45) is 2.05. The summed E-state index contributed by atoms with van der Waals surface area (Å²) in [5.74, 6) is -3.73. The number of halogens is 1. The Morgan fingerprint density at radius 3 is 2.30 bits per heavy atom. The number of hydrogen-bond donors (Lipinski definition) is 7. The molecule has 4 heterocycles. The molecule has 3 atom stereocenters. The molecule has 0 radical (unpaired) electrons. The van der Waals surface area contributed by atoms with Crippen LogP contribution >= 0.6 is 12.2 Å². The maximum atomic E-state index is 15.0. The van der Waals surface area contributed by atoms with Crippen LogP contribution in [0, 0.1) is 23.3 Å². The lowest BCUT2D eigenvalue weighted by Gasteiger charge is -2.33. The van der Waals surface area contributed by atoms with E-state index in [2.05, 4.69) is 26.6 Å². The summed E-state index contributed by atoms with van der Waals surface area (Å²) in [7, 11) is 0. The molecule has 8 amide bonds. The van der Waals surface area contributed by atoms with Crippen molar-refractivity contribution < 1.29 is 62.1 Å². The number of carbonyl (C=O) groups is 9. The highest BCUT2D eigenvalue weighted by molar-refractivity contribution is 7.71. The number of fused-ring (bicyclic) bond motifs is 5. The number of nitrogens with zero attached hydrogens (tertiary/aromatic N) is 3. The molecule has 77 heavy (non-hydrogen) atoms. The van der Waals surface area contributed by atoms with Gasteiger partial charge in [0.05, 0.1) is 23.4 Å². The van der Waals surface area contributed by atoms with Crippen LogP contribution in [0.1, 0.15) is 118 Å². The van der Waals surface area contributed by atoms with E-state index < -0.39 is 60.0 Å². The quantitative estimate of drug-likeness (QED) is 0.0195. The number of aromatic nitrogens is 2. The van der Waals surface area contributed by atoms with Gasteiger partial charge in [0.15, 0.2) is 12.4 Å². The monoisotopic (exact) mass is 1080 g/mol. The first-order valence-electron chi connectivity index (χ1n) is 25.8. The van der Waals surface area contributed by atoms with Gasteiger partial charge in [-0.3, -0.25) is 38.5 Å². The first kappa shape index (κ1) is 57.1. The fraction of sp³-hybridized carbons (Fsp3) is 0.463. The topological polar surface area (TPSA) is 300 Å². The Morgan fingerprint density at radius 2 is 1.61 bits per heavy atom. The number of likely N-dealkylation sites (tertiary alicyclic amines) is 1. The number of nitrogens with two attached hydrogens (primary N) is 1. The predicted molar refractivity (Wildman–Crippen MR) is 280 cm³/mol.